The van der Waals surface area contributed by atoms with E-state index in [4.69, 9.17) is 10.5 Å². The van der Waals surface area contributed by atoms with Crippen molar-refractivity contribution in [2.45, 2.75) is 85.9 Å². The third-order valence-corrected chi connectivity index (χ3v) is 7.82. The van der Waals surface area contributed by atoms with Crippen LogP contribution in [0.25, 0.3) is 0 Å². The molecule has 0 spiro atoms. The van der Waals surface area contributed by atoms with Gasteiger partial charge >= 0.3 is 6.09 Å². The highest BCUT2D eigenvalue weighted by molar-refractivity contribution is 6.37. The van der Waals surface area contributed by atoms with Crippen molar-refractivity contribution < 1.29 is 28.7 Å². The van der Waals surface area contributed by atoms with Crippen LogP contribution in [0.1, 0.15) is 67.7 Å². The van der Waals surface area contributed by atoms with Gasteiger partial charge in [-0.1, -0.05) is 61.3 Å². The first-order valence-corrected chi connectivity index (χ1v) is 12.9. The van der Waals surface area contributed by atoms with Crippen LogP contribution in [0.5, 0.6) is 0 Å². The average Bonchev–Trinajstić information content (AvgIpc) is 3.61. The van der Waals surface area contributed by atoms with E-state index < -0.39 is 47.2 Å². The summed E-state index contributed by atoms with van der Waals surface area (Å²) >= 11 is 0. The molecule has 3 aliphatic rings. The molecule has 2 aliphatic carbocycles. The van der Waals surface area contributed by atoms with Gasteiger partial charge in [-0.2, -0.15) is 0 Å². The van der Waals surface area contributed by atoms with Crippen LogP contribution in [-0.2, 0) is 23.9 Å². The number of fused-ring (bicyclic) bond motifs is 1. The Hall–Kier alpha value is -2.65. The van der Waals surface area contributed by atoms with Gasteiger partial charge in [-0.15, -0.1) is 0 Å². The molecule has 5 atom stereocenters. The molecule has 0 aromatic heterocycles. The lowest BCUT2D eigenvalue weighted by Gasteiger charge is -2.37. The molecule has 4 N–H and O–H groups in total. The summed E-state index contributed by atoms with van der Waals surface area (Å²) < 4.78 is 5.24. The predicted molar refractivity (Wildman–Crippen MR) is 132 cm³/mol. The van der Waals surface area contributed by atoms with Gasteiger partial charge in [-0.05, 0) is 40.9 Å². The Kier molecular flexibility index (Phi) is 7.77. The Labute approximate surface area is 213 Å². The van der Waals surface area contributed by atoms with Crippen LogP contribution in [0.3, 0.4) is 0 Å². The number of carbonyl (C=O) groups excluding carboxylic acids is 5. The van der Waals surface area contributed by atoms with Crippen LogP contribution >= 0.6 is 0 Å². The van der Waals surface area contributed by atoms with Gasteiger partial charge in [0.25, 0.3) is 5.91 Å². The average molecular weight is 507 g/mol. The maximum Gasteiger partial charge on any atom is 0.407 e. The number of rotatable bonds is 10. The zero-order chi connectivity index (χ0) is 27.2. The van der Waals surface area contributed by atoms with Crippen molar-refractivity contribution in [3.8, 4) is 0 Å². The minimum absolute atomic E-state index is 0.0831. The van der Waals surface area contributed by atoms with Gasteiger partial charge < -0.3 is 26.0 Å². The summed E-state index contributed by atoms with van der Waals surface area (Å²) in [4.78, 5) is 65.4. The summed E-state index contributed by atoms with van der Waals surface area (Å²) in [6, 6.07) is -2.72. The normalized spacial score (nSPS) is 26.0. The Morgan fingerprint density at radius 2 is 1.69 bits per heavy atom. The first kappa shape index (κ1) is 27.9. The number of ether oxygens (including phenoxy) is 1. The summed E-state index contributed by atoms with van der Waals surface area (Å²) in [7, 11) is 0. The summed E-state index contributed by atoms with van der Waals surface area (Å²) in [6.07, 6.45) is 1.56. The molecule has 0 radical (unpaired) electrons. The predicted octanol–water partition coefficient (Wildman–Crippen LogP) is 1.61. The standard InChI is InChI=1S/C26H42N4O6/c1-13(2)12-36-24(35)29-20(25(3,4)5)23(34)30-11-15-17(26(15,6)7)18(30)22(33)28-16(10-14-8-9-14)19(31)21(27)32/h13-18,20H,8-12H2,1-7H3,(H2,27,32)(H,28,33)(H,29,35)/t15?,16?,17-,18-,20+/m0/s1. The fourth-order valence-electron chi connectivity index (χ4n) is 5.38. The maximum absolute atomic E-state index is 13.8. The Morgan fingerprint density at radius 3 is 2.19 bits per heavy atom. The highest BCUT2D eigenvalue weighted by Gasteiger charge is 2.70. The number of hydrogen-bond acceptors (Lipinski definition) is 6. The molecule has 0 aromatic carbocycles. The van der Waals surface area contributed by atoms with E-state index in [1.807, 2.05) is 34.6 Å². The van der Waals surface area contributed by atoms with Gasteiger partial charge in [-0.3, -0.25) is 19.2 Å². The molecular formula is C26H42N4O6. The monoisotopic (exact) mass is 506 g/mol. The molecule has 4 amide bonds. The number of Topliss-reactive ketones (excluding diaryl/α,β-unsaturated/α-hetero) is 1. The fourth-order valence-corrected chi connectivity index (χ4v) is 5.38. The highest BCUT2D eigenvalue weighted by Crippen LogP contribution is 2.65. The minimum atomic E-state index is -1.08. The zero-order valence-electron chi connectivity index (χ0n) is 22.6. The van der Waals surface area contributed by atoms with Crippen LogP contribution < -0.4 is 16.4 Å². The number of amides is 4. The summed E-state index contributed by atoms with van der Waals surface area (Å²) in [5, 5.41) is 5.45. The highest BCUT2D eigenvalue weighted by atomic mass is 16.5. The number of ketones is 1. The number of nitrogens with one attached hydrogen (secondary N) is 2. The van der Waals surface area contributed by atoms with Crippen molar-refractivity contribution in [2.75, 3.05) is 13.2 Å². The van der Waals surface area contributed by atoms with Crippen LogP contribution in [0.4, 0.5) is 4.79 Å². The number of nitrogens with zero attached hydrogens (tertiary/aromatic N) is 1. The topological polar surface area (TPSA) is 148 Å². The molecule has 2 unspecified atom stereocenters. The number of likely N-dealkylation sites (tertiary alicyclic amines) is 1. The SMILES string of the molecule is CC(C)COC(=O)N[C@H](C(=O)N1CC2[C@@H]([C@H]1C(=O)NC(CC1CC1)C(=O)C(N)=O)C2(C)C)C(C)(C)C. The first-order valence-electron chi connectivity index (χ1n) is 12.9. The van der Waals surface area contributed by atoms with E-state index in [0.717, 1.165) is 12.8 Å². The molecule has 10 heteroatoms. The summed E-state index contributed by atoms with van der Waals surface area (Å²) in [5.74, 6) is -2.27. The number of nitrogens with two attached hydrogens (primary N) is 1. The Balaban J connectivity index is 1.81. The molecule has 3 fully saturated rings. The zero-order valence-corrected chi connectivity index (χ0v) is 22.6. The summed E-state index contributed by atoms with van der Waals surface area (Å²) in [6.45, 7) is 14.1. The molecule has 1 aliphatic heterocycles. The number of alkyl carbamates (subject to hydrolysis) is 1. The second-order valence-electron chi connectivity index (χ2n) is 12.8. The van der Waals surface area contributed by atoms with E-state index in [0.29, 0.717) is 13.0 Å². The maximum atomic E-state index is 13.8. The molecule has 36 heavy (non-hydrogen) atoms. The molecule has 1 heterocycles. The molecular weight excluding hydrogens is 464 g/mol. The van der Waals surface area contributed by atoms with Gasteiger partial charge in [0.1, 0.15) is 12.1 Å². The van der Waals surface area contributed by atoms with Crippen LogP contribution in [0.2, 0.25) is 0 Å². The number of piperidine rings is 1. The third-order valence-electron chi connectivity index (χ3n) is 7.82. The van der Waals surface area contributed by atoms with Crippen molar-refractivity contribution in [1.82, 2.24) is 15.5 Å². The minimum Gasteiger partial charge on any atom is -0.449 e. The Morgan fingerprint density at radius 1 is 1.08 bits per heavy atom. The van der Waals surface area contributed by atoms with E-state index in [-0.39, 0.29) is 41.6 Å². The van der Waals surface area contributed by atoms with Crippen molar-refractivity contribution >= 4 is 29.6 Å². The Bertz CT molecular complexity index is 920. The molecule has 1 saturated heterocycles. The van der Waals surface area contributed by atoms with Gasteiger partial charge in [0, 0.05) is 6.54 Å². The number of hydrogen-bond donors (Lipinski definition) is 3. The lowest BCUT2D eigenvalue weighted by Crippen LogP contribution is -2.60. The largest absolute Gasteiger partial charge is 0.449 e. The van der Waals surface area contributed by atoms with Crippen molar-refractivity contribution in [3.05, 3.63) is 0 Å². The van der Waals surface area contributed by atoms with E-state index in [1.165, 1.54) is 4.90 Å². The molecule has 3 rings (SSSR count). The van der Waals surface area contributed by atoms with Gasteiger partial charge in [0.15, 0.2) is 0 Å². The van der Waals surface area contributed by atoms with E-state index in [2.05, 4.69) is 24.5 Å². The second kappa shape index (κ2) is 10.0. The molecule has 2 saturated carbocycles. The van der Waals surface area contributed by atoms with Crippen LogP contribution in [-0.4, -0.2) is 65.8 Å². The van der Waals surface area contributed by atoms with Gasteiger partial charge in [0.2, 0.25) is 17.6 Å². The van der Waals surface area contributed by atoms with Gasteiger partial charge in [-0.25, -0.2) is 4.79 Å². The van der Waals surface area contributed by atoms with Crippen LogP contribution in [0, 0.1) is 34.5 Å². The molecule has 0 bridgehead atoms. The molecule has 202 valence electrons. The quantitative estimate of drug-likeness (QED) is 0.383. The van der Waals surface area contributed by atoms with Crippen molar-refractivity contribution in [1.29, 1.82) is 0 Å². The van der Waals surface area contributed by atoms with Crippen molar-refractivity contribution in [2.24, 2.45) is 40.2 Å². The van der Waals surface area contributed by atoms with E-state index in [9.17, 15) is 24.0 Å². The number of carbonyl (C=O) groups is 5. The first-order chi connectivity index (χ1) is 16.6. The second-order valence-corrected chi connectivity index (χ2v) is 12.8. The van der Waals surface area contributed by atoms with Gasteiger partial charge in [0.05, 0.1) is 12.6 Å². The smallest absolute Gasteiger partial charge is 0.407 e. The van der Waals surface area contributed by atoms with E-state index >= 15 is 0 Å². The third kappa shape index (κ3) is 6.00. The lowest BCUT2D eigenvalue weighted by atomic mass is 9.85. The summed E-state index contributed by atoms with van der Waals surface area (Å²) in [5.41, 5.74) is 4.45. The fraction of sp³-hybridized carbons (Fsp3) is 0.808. The number of primary amides is 1. The van der Waals surface area contributed by atoms with Crippen LogP contribution in [0.15, 0.2) is 0 Å². The molecule has 10 nitrogen and oxygen atoms in total. The van der Waals surface area contributed by atoms with Crippen molar-refractivity contribution in [3.63, 3.8) is 0 Å². The lowest BCUT2D eigenvalue weighted by molar-refractivity contribution is -0.145. The molecule has 0 aromatic rings. The van der Waals surface area contributed by atoms with E-state index in [1.54, 1.807) is 0 Å².